The molecule has 0 aromatic carbocycles. The number of anilines is 1. The molecule has 0 amide bonds. The van der Waals surface area contributed by atoms with Crippen LogP contribution in [0.2, 0.25) is 0 Å². The van der Waals surface area contributed by atoms with Gasteiger partial charge in [0.25, 0.3) is 0 Å². The maximum atomic E-state index is 13.5. The molecule has 0 aliphatic carbocycles. The van der Waals surface area contributed by atoms with Gasteiger partial charge in [0.1, 0.15) is 10.7 Å². The van der Waals surface area contributed by atoms with Gasteiger partial charge in [-0.15, -0.1) is 0 Å². The first-order chi connectivity index (χ1) is 16.6. The Labute approximate surface area is 201 Å². The van der Waals surface area contributed by atoms with E-state index in [-0.39, 0.29) is 47.7 Å². The third-order valence-electron chi connectivity index (χ3n) is 7.32. The third-order valence-corrected chi connectivity index (χ3v) is 9.15. The molecule has 0 saturated carbocycles. The van der Waals surface area contributed by atoms with Crippen LogP contribution in [-0.4, -0.2) is 66.7 Å². The molecule has 5 heterocycles. The van der Waals surface area contributed by atoms with Crippen LogP contribution in [0.25, 0.3) is 0 Å². The summed E-state index contributed by atoms with van der Waals surface area (Å²) in [4.78, 5) is 10.0. The molecule has 3 aliphatic heterocycles. The average Bonchev–Trinajstić information content (AvgIpc) is 3.31. The standard InChI is InChI=1S/C22H28F3N5O4S/c1-13-27-20(28-34-13)15-7-17-3-4-18(8-15)30(17)21-19(9-16(10-26-21)22(23,24)25)35(31,32)29-11-14(12-29)5-6-33-2/h9-10,14-15,17-18H,3-8,11-12H2,1-2H3. The summed E-state index contributed by atoms with van der Waals surface area (Å²) in [5.41, 5.74) is -1.07. The van der Waals surface area contributed by atoms with Crippen LogP contribution in [0, 0.1) is 12.8 Å². The molecule has 2 aromatic rings. The zero-order valence-corrected chi connectivity index (χ0v) is 20.3. The van der Waals surface area contributed by atoms with E-state index in [1.807, 2.05) is 4.90 Å². The minimum absolute atomic E-state index is 0.0487. The van der Waals surface area contributed by atoms with Gasteiger partial charge >= 0.3 is 6.18 Å². The summed E-state index contributed by atoms with van der Waals surface area (Å²) in [5, 5.41) is 4.04. The molecular weight excluding hydrogens is 487 g/mol. The Bertz CT molecular complexity index is 1170. The number of alkyl halides is 3. The van der Waals surface area contributed by atoms with Crippen LogP contribution in [0.5, 0.6) is 0 Å². The monoisotopic (exact) mass is 515 g/mol. The summed E-state index contributed by atoms with van der Waals surface area (Å²) in [6, 6.07) is 0.608. The van der Waals surface area contributed by atoms with Crippen LogP contribution < -0.4 is 4.90 Å². The normalized spacial score (nSPS) is 25.7. The van der Waals surface area contributed by atoms with Gasteiger partial charge in [-0.1, -0.05) is 5.16 Å². The summed E-state index contributed by atoms with van der Waals surface area (Å²) in [6.45, 7) is 2.74. The minimum atomic E-state index is -4.70. The zero-order valence-electron chi connectivity index (χ0n) is 19.5. The van der Waals surface area contributed by atoms with Crippen LogP contribution in [0.4, 0.5) is 19.0 Å². The second kappa shape index (κ2) is 9.00. The van der Waals surface area contributed by atoms with Gasteiger partial charge in [0, 0.05) is 57.9 Å². The fourth-order valence-electron chi connectivity index (χ4n) is 5.52. The van der Waals surface area contributed by atoms with E-state index >= 15 is 0 Å². The number of hydrogen-bond acceptors (Lipinski definition) is 8. The number of hydrogen-bond donors (Lipinski definition) is 0. The van der Waals surface area contributed by atoms with Crippen molar-refractivity contribution in [2.45, 2.75) is 68.1 Å². The number of pyridine rings is 1. The van der Waals surface area contributed by atoms with Gasteiger partial charge in [0.15, 0.2) is 5.82 Å². The summed E-state index contributed by atoms with van der Waals surface area (Å²) < 4.78 is 79.1. The Hall–Kier alpha value is -2.25. The molecule has 3 fully saturated rings. The Morgan fingerprint density at radius 3 is 2.46 bits per heavy atom. The molecule has 9 nitrogen and oxygen atoms in total. The summed E-state index contributed by atoms with van der Waals surface area (Å²) in [6.07, 6.45) is -0.371. The van der Waals surface area contributed by atoms with Crippen molar-refractivity contribution >= 4 is 15.8 Å². The van der Waals surface area contributed by atoms with Crippen molar-refractivity contribution < 1.29 is 30.8 Å². The van der Waals surface area contributed by atoms with Gasteiger partial charge < -0.3 is 14.2 Å². The number of rotatable bonds is 7. The lowest BCUT2D eigenvalue weighted by Gasteiger charge is -2.41. The Morgan fingerprint density at radius 1 is 1.20 bits per heavy atom. The first-order valence-corrected chi connectivity index (χ1v) is 13.2. The average molecular weight is 516 g/mol. The van der Waals surface area contributed by atoms with Crippen molar-refractivity contribution in [2.75, 3.05) is 31.7 Å². The predicted octanol–water partition coefficient (Wildman–Crippen LogP) is 3.36. The van der Waals surface area contributed by atoms with Crippen molar-refractivity contribution in [2.24, 2.45) is 5.92 Å². The van der Waals surface area contributed by atoms with Gasteiger partial charge in [-0.25, -0.2) is 13.4 Å². The van der Waals surface area contributed by atoms with Crippen molar-refractivity contribution in [3.63, 3.8) is 0 Å². The molecule has 5 rings (SSSR count). The van der Waals surface area contributed by atoms with E-state index in [1.165, 1.54) is 4.31 Å². The maximum Gasteiger partial charge on any atom is 0.417 e. The Kier molecular flexibility index (Phi) is 6.29. The first kappa shape index (κ1) is 24.4. The number of methoxy groups -OCH3 is 1. The predicted molar refractivity (Wildman–Crippen MR) is 118 cm³/mol. The second-order valence-corrected chi connectivity index (χ2v) is 11.6. The molecule has 13 heteroatoms. The molecule has 3 saturated heterocycles. The van der Waals surface area contributed by atoms with Crippen LogP contribution in [-0.2, 0) is 20.9 Å². The zero-order chi connectivity index (χ0) is 25.0. The van der Waals surface area contributed by atoms with E-state index < -0.39 is 21.8 Å². The largest absolute Gasteiger partial charge is 0.417 e. The molecule has 2 unspecified atom stereocenters. The first-order valence-electron chi connectivity index (χ1n) is 11.7. The van der Waals surface area contributed by atoms with Crippen molar-refractivity contribution in [3.8, 4) is 0 Å². The maximum absolute atomic E-state index is 13.5. The molecule has 0 radical (unpaired) electrons. The number of halogens is 3. The lowest BCUT2D eigenvalue weighted by Crippen LogP contribution is -2.51. The van der Waals surface area contributed by atoms with E-state index in [2.05, 4.69) is 15.1 Å². The highest BCUT2D eigenvalue weighted by Crippen LogP contribution is 2.47. The van der Waals surface area contributed by atoms with Crippen LogP contribution in [0.3, 0.4) is 0 Å². The van der Waals surface area contributed by atoms with E-state index in [4.69, 9.17) is 9.26 Å². The number of aromatic nitrogens is 3. The van der Waals surface area contributed by atoms with Crippen LogP contribution in [0.15, 0.2) is 21.7 Å². The van der Waals surface area contributed by atoms with E-state index in [1.54, 1.807) is 14.0 Å². The molecule has 2 bridgehead atoms. The van der Waals surface area contributed by atoms with Crippen molar-refractivity contribution in [3.05, 3.63) is 29.5 Å². The number of aryl methyl sites for hydroxylation is 1. The number of nitrogens with zero attached hydrogens (tertiary/aromatic N) is 5. The highest BCUT2D eigenvalue weighted by molar-refractivity contribution is 7.89. The molecular formula is C22H28F3N5O4S. The molecule has 0 N–H and O–H groups in total. The molecule has 3 aliphatic rings. The SMILES string of the molecule is COCCC1CN(S(=O)(=O)c2cc(C(F)(F)F)cnc2N2C3CCC2CC(c2noc(C)n2)C3)C1. The van der Waals surface area contributed by atoms with Gasteiger partial charge in [0.05, 0.1) is 5.56 Å². The van der Waals surface area contributed by atoms with E-state index in [0.29, 0.717) is 37.6 Å². The third kappa shape index (κ3) is 4.53. The van der Waals surface area contributed by atoms with Crippen LogP contribution >= 0.6 is 0 Å². The summed E-state index contributed by atoms with van der Waals surface area (Å²) >= 11 is 0. The fourth-order valence-corrected chi connectivity index (χ4v) is 7.27. The number of ether oxygens (including phenoxy) is 1. The summed E-state index contributed by atoms with van der Waals surface area (Å²) in [5.74, 6) is 1.37. The smallest absolute Gasteiger partial charge is 0.385 e. The summed E-state index contributed by atoms with van der Waals surface area (Å²) in [7, 11) is -2.58. The number of piperidine rings is 1. The lowest BCUT2D eigenvalue weighted by atomic mass is 9.90. The molecule has 192 valence electrons. The fraction of sp³-hybridized carbons (Fsp3) is 0.682. The van der Waals surface area contributed by atoms with Gasteiger partial charge in [-0.3, -0.25) is 0 Å². The molecule has 2 atom stereocenters. The highest BCUT2D eigenvalue weighted by Gasteiger charge is 2.47. The van der Waals surface area contributed by atoms with Crippen LogP contribution in [0.1, 0.15) is 55.3 Å². The topological polar surface area (TPSA) is 102 Å². The highest BCUT2D eigenvalue weighted by atomic mass is 32.2. The molecule has 35 heavy (non-hydrogen) atoms. The Morgan fingerprint density at radius 2 is 1.89 bits per heavy atom. The number of fused-ring (bicyclic) bond motifs is 2. The lowest BCUT2D eigenvalue weighted by molar-refractivity contribution is -0.138. The second-order valence-electron chi connectivity index (χ2n) is 9.65. The van der Waals surface area contributed by atoms with Gasteiger partial charge in [0.2, 0.25) is 15.9 Å². The van der Waals surface area contributed by atoms with Crippen molar-refractivity contribution in [1.82, 2.24) is 19.4 Å². The van der Waals surface area contributed by atoms with Gasteiger partial charge in [-0.2, -0.15) is 22.5 Å². The molecule has 2 aromatic heterocycles. The van der Waals surface area contributed by atoms with E-state index in [0.717, 1.165) is 25.1 Å². The quantitative estimate of drug-likeness (QED) is 0.553. The number of sulfonamides is 1. The molecule has 0 spiro atoms. The van der Waals surface area contributed by atoms with Gasteiger partial charge in [-0.05, 0) is 44.1 Å². The van der Waals surface area contributed by atoms with Crippen molar-refractivity contribution in [1.29, 1.82) is 0 Å². The minimum Gasteiger partial charge on any atom is -0.385 e. The van der Waals surface area contributed by atoms with E-state index in [9.17, 15) is 21.6 Å². The Balaban J connectivity index is 1.46.